The minimum absolute atomic E-state index is 0.285. The minimum Gasteiger partial charge on any atom is -0.450 e. The first-order chi connectivity index (χ1) is 11.3. The number of hydrogen-bond donors (Lipinski definition) is 2. The Hall–Kier alpha value is -1.85. The molecular weight excluding hydrogens is 292 g/mol. The van der Waals surface area contributed by atoms with Gasteiger partial charge in [-0.15, -0.1) is 0 Å². The van der Waals surface area contributed by atoms with E-state index in [4.69, 9.17) is 4.74 Å². The number of carbonyl (C=O) groups is 1. The molecule has 6 nitrogen and oxygen atoms in total. The number of amides is 1. The lowest BCUT2D eigenvalue weighted by molar-refractivity contribution is 0.144. The maximum atomic E-state index is 11.3. The quantitative estimate of drug-likeness (QED) is 0.541. The molecule has 0 saturated heterocycles. The third kappa shape index (κ3) is 11.4. The third-order valence-corrected chi connectivity index (χ3v) is 3.45. The largest absolute Gasteiger partial charge is 0.450 e. The minimum atomic E-state index is -0.285. The Kier molecular flexibility index (Phi) is 11.5. The Bertz CT molecular complexity index is 401. The number of nitrogens with zero attached hydrogens (tertiary/aromatic N) is 2. The number of aromatic nitrogens is 2. The summed E-state index contributed by atoms with van der Waals surface area (Å²) in [5, 5.41) is 5.99. The number of hydrogen-bond acceptors (Lipinski definition) is 5. The summed E-state index contributed by atoms with van der Waals surface area (Å²) in [6.45, 7) is 4.21. The lowest BCUT2D eigenvalue weighted by Crippen LogP contribution is -2.25. The molecule has 6 heteroatoms. The summed E-state index contributed by atoms with van der Waals surface area (Å²) in [6, 6.07) is 1.81. The molecule has 1 rings (SSSR count). The standard InChI is InChI=1S/C17H30N4O2/c1-2-3-15-23-17(22)21-12-9-7-5-4-6-8-11-18-16-19-13-10-14-20-16/h10,13-14H,2-9,11-12,15H2,1H3,(H,21,22)(H,18,19,20). The van der Waals surface area contributed by atoms with E-state index in [2.05, 4.69) is 27.5 Å². The number of rotatable bonds is 13. The van der Waals surface area contributed by atoms with Crippen molar-refractivity contribution in [3.8, 4) is 0 Å². The highest BCUT2D eigenvalue weighted by Gasteiger charge is 1.99. The van der Waals surface area contributed by atoms with E-state index in [0.717, 1.165) is 38.6 Å². The van der Waals surface area contributed by atoms with Crippen molar-refractivity contribution in [2.24, 2.45) is 0 Å². The molecule has 130 valence electrons. The first kappa shape index (κ1) is 19.2. The smallest absolute Gasteiger partial charge is 0.407 e. The van der Waals surface area contributed by atoms with Crippen LogP contribution in [0.2, 0.25) is 0 Å². The highest BCUT2D eigenvalue weighted by atomic mass is 16.5. The summed E-state index contributed by atoms with van der Waals surface area (Å²) in [5.74, 6) is 0.699. The molecule has 0 radical (unpaired) electrons. The summed E-state index contributed by atoms with van der Waals surface area (Å²) in [6.07, 6.45) is 12.1. The van der Waals surface area contributed by atoms with E-state index in [1.54, 1.807) is 12.4 Å². The fourth-order valence-electron chi connectivity index (χ4n) is 2.10. The van der Waals surface area contributed by atoms with E-state index in [0.29, 0.717) is 19.1 Å². The van der Waals surface area contributed by atoms with Crippen molar-refractivity contribution in [3.63, 3.8) is 0 Å². The zero-order valence-corrected chi connectivity index (χ0v) is 14.2. The lowest BCUT2D eigenvalue weighted by Gasteiger charge is -2.06. The number of alkyl carbamates (subject to hydrolysis) is 1. The van der Waals surface area contributed by atoms with Crippen molar-refractivity contribution in [3.05, 3.63) is 18.5 Å². The maximum absolute atomic E-state index is 11.3. The fraction of sp³-hybridized carbons (Fsp3) is 0.706. The van der Waals surface area contributed by atoms with Gasteiger partial charge in [0, 0.05) is 25.5 Å². The predicted octanol–water partition coefficient (Wildman–Crippen LogP) is 3.76. The second kappa shape index (κ2) is 13.8. The number of anilines is 1. The second-order valence-electron chi connectivity index (χ2n) is 5.54. The van der Waals surface area contributed by atoms with Crippen LogP contribution in [0.1, 0.15) is 58.3 Å². The molecular formula is C17H30N4O2. The molecule has 0 aliphatic rings. The fourth-order valence-corrected chi connectivity index (χ4v) is 2.10. The molecule has 0 unspecified atom stereocenters. The van der Waals surface area contributed by atoms with E-state index >= 15 is 0 Å². The first-order valence-electron chi connectivity index (χ1n) is 8.74. The van der Waals surface area contributed by atoms with Crippen LogP contribution in [0.4, 0.5) is 10.7 Å². The van der Waals surface area contributed by atoms with Crippen LogP contribution in [0.15, 0.2) is 18.5 Å². The van der Waals surface area contributed by atoms with Crippen LogP contribution >= 0.6 is 0 Å². The molecule has 23 heavy (non-hydrogen) atoms. The Morgan fingerprint density at radius 2 is 1.65 bits per heavy atom. The molecule has 0 saturated carbocycles. The highest BCUT2D eigenvalue weighted by molar-refractivity contribution is 5.66. The van der Waals surface area contributed by atoms with Crippen LogP contribution in [0.25, 0.3) is 0 Å². The van der Waals surface area contributed by atoms with Crippen molar-refractivity contribution in [2.45, 2.75) is 58.3 Å². The average molecular weight is 322 g/mol. The lowest BCUT2D eigenvalue weighted by atomic mass is 10.1. The average Bonchev–Trinajstić information content (AvgIpc) is 2.58. The Balaban J connectivity index is 1.80. The molecule has 0 bridgehead atoms. The summed E-state index contributed by atoms with van der Waals surface area (Å²) < 4.78 is 5.02. The first-order valence-corrected chi connectivity index (χ1v) is 8.74. The topological polar surface area (TPSA) is 76.1 Å². The van der Waals surface area contributed by atoms with Crippen LogP contribution < -0.4 is 10.6 Å². The van der Waals surface area contributed by atoms with Crippen molar-refractivity contribution < 1.29 is 9.53 Å². The molecule has 1 aromatic rings. The molecule has 0 aromatic carbocycles. The summed E-state index contributed by atoms with van der Waals surface area (Å²) in [5.41, 5.74) is 0. The molecule has 1 amide bonds. The van der Waals surface area contributed by atoms with Crippen molar-refractivity contribution in [1.82, 2.24) is 15.3 Å². The van der Waals surface area contributed by atoms with Crippen LogP contribution in [0.5, 0.6) is 0 Å². The molecule has 0 atom stereocenters. The van der Waals surface area contributed by atoms with E-state index in [1.807, 2.05) is 6.07 Å². The zero-order chi connectivity index (χ0) is 16.6. The van der Waals surface area contributed by atoms with Gasteiger partial charge in [0.05, 0.1) is 6.61 Å². The number of unbranched alkanes of at least 4 members (excludes halogenated alkanes) is 6. The zero-order valence-electron chi connectivity index (χ0n) is 14.2. The van der Waals surface area contributed by atoms with Crippen molar-refractivity contribution in [1.29, 1.82) is 0 Å². The van der Waals surface area contributed by atoms with Gasteiger partial charge in [-0.1, -0.05) is 39.0 Å². The molecule has 0 aliphatic heterocycles. The Morgan fingerprint density at radius 1 is 1.00 bits per heavy atom. The van der Waals surface area contributed by atoms with Gasteiger partial charge < -0.3 is 15.4 Å². The number of carbonyl (C=O) groups excluding carboxylic acids is 1. The van der Waals surface area contributed by atoms with Gasteiger partial charge in [-0.2, -0.15) is 0 Å². The van der Waals surface area contributed by atoms with Crippen molar-refractivity contribution in [2.75, 3.05) is 25.0 Å². The van der Waals surface area contributed by atoms with E-state index < -0.39 is 0 Å². The van der Waals surface area contributed by atoms with E-state index in [-0.39, 0.29) is 6.09 Å². The Labute approximate surface area is 139 Å². The maximum Gasteiger partial charge on any atom is 0.407 e. The van der Waals surface area contributed by atoms with Gasteiger partial charge in [0.1, 0.15) is 0 Å². The summed E-state index contributed by atoms with van der Waals surface area (Å²) in [7, 11) is 0. The highest BCUT2D eigenvalue weighted by Crippen LogP contribution is 2.05. The van der Waals surface area contributed by atoms with E-state index in [1.165, 1.54) is 19.3 Å². The SMILES string of the molecule is CCCCOC(=O)NCCCCCCCCNc1ncccn1. The molecule has 0 aliphatic carbocycles. The van der Waals surface area contributed by atoms with Gasteiger partial charge in [0.15, 0.2) is 0 Å². The van der Waals surface area contributed by atoms with Gasteiger partial charge in [0.25, 0.3) is 0 Å². The molecule has 0 fully saturated rings. The van der Waals surface area contributed by atoms with Gasteiger partial charge in [-0.25, -0.2) is 14.8 Å². The number of ether oxygens (including phenoxy) is 1. The summed E-state index contributed by atoms with van der Waals surface area (Å²) in [4.78, 5) is 19.5. The van der Waals surface area contributed by atoms with Gasteiger partial charge in [-0.3, -0.25) is 0 Å². The molecule has 0 spiro atoms. The van der Waals surface area contributed by atoms with Gasteiger partial charge in [0.2, 0.25) is 5.95 Å². The third-order valence-electron chi connectivity index (χ3n) is 3.45. The molecule has 1 aromatic heterocycles. The Morgan fingerprint density at radius 3 is 2.35 bits per heavy atom. The van der Waals surface area contributed by atoms with Gasteiger partial charge in [-0.05, 0) is 25.3 Å². The van der Waals surface area contributed by atoms with Crippen LogP contribution in [-0.4, -0.2) is 35.8 Å². The molecule has 2 N–H and O–H groups in total. The van der Waals surface area contributed by atoms with Crippen LogP contribution in [0.3, 0.4) is 0 Å². The predicted molar refractivity (Wildman–Crippen MR) is 92.5 cm³/mol. The van der Waals surface area contributed by atoms with Crippen molar-refractivity contribution >= 4 is 12.0 Å². The second-order valence-corrected chi connectivity index (χ2v) is 5.54. The number of nitrogens with one attached hydrogen (secondary N) is 2. The van der Waals surface area contributed by atoms with Crippen LogP contribution in [0, 0.1) is 0 Å². The van der Waals surface area contributed by atoms with Gasteiger partial charge >= 0.3 is 6.09 Å². The van der Waals surface area contributed by atoms with Crippen LogP contribution in [-0.2, 0) is 4.74 Å². The molecule has 1 heterocycles. The summed E-state index contributed by atoms with van der Waals surface area (Å²) >= 11 is 0. The normalized spacial score (nSPS) is 10.3. The van der Waals surface area contributed by atoms with E-state index in [9.17, 15) is 4.79 Å². The monoisotopic (exact) mass is 322 g/mol.